The van der Waals surface area contributed by atoms with Crippen molar-refractivity contribution in [1.82, 2.24) is 16.2 Å². The first-order valence-electron chi connectivity index (χ1n) is 9.12. The smallest absolute Gasteiger partial charge is 0.257 e. The van der Waals surface area contributed by atoms with Crippen LogP contribution in [-0.2, 0) is 9.59 Å². The number of rotatable bonds is 5. The van der Waals surface area contributed by atoms with Gasteiger partial charge in [-0.3, -0.25) is 25.2 Å². The minimum absolute atomic E-state index is 0.0889. The second kappa shape index (κ2) is 9.65. The molecule has 0 aliphatic carbocycles. The molecule has 2 aromatic rings. The Morgan fingerprint density at radius 3 is 2.38 bits per heavy atom. The van der Waals surface area contributed by atoms with Gasteiger partial charge < -0.3 is 15.5 Å². The van der Waals surface area contributed by atoms with Gasteiger partial charge in [-0.15, -0.1) is 0 Å². The van der Waals surface area contributed by atoms with Crippen molar-refractivity contribution in [3.63, 3.8) is 0 Å². The first-order chi connectivity index (χ1) is 14.0. The Kier molecular flexibility index (Phi) is 6.75. The Balaban J connectivity index is 1.41. The van der Waals surface area contributed by atoms with Gasteiger partial charge in [0.05, 0.1) is 6.54 Å². The van der Waals surface area contributed by atoms with Crippen LogP contribution in [-0.4, -0.2) is 35.9 Å². The van der Waals surface area contributed by atoms with Crippen molar-refractivity contribution in [2.45, 2.75) is 12.8 Å². The van der Waals surface area contributed by atoms with E-state index in [0.717, 1.165) is 17.8 Å². The third kappa shape index (κ3) is 5.76. The van der Waals surface area contributed by atoms with Gasteiger partial charge in [-0.1, -0.05) is 18.2 Å². The highest BCUT2D eigenvalue weighted by Crippen LogP contribution is 2.21. The Morgan fingerprint density at radius 2 is 1.72 bits per heavy atom. The summed E-state index contributed by atoms with van der Waals surface area (Å²) in [6, 6.07) is 16.0. The summed E-state index contributed by atoms with van der Waals surface area (Å²) < 4.78 is 0. The molecule has 8 nitrogen and oxygen atoms in total. The standard InChI is InChI=1S/C20H21N5O3S/c26-17(23-24-20(29)22-15-5-2-1-3-6-15)13-21-19(28)14-8-10-16(11-9-14)25-12-4-7-18(25)27/h1-3,5-6,8-11H,4,7,12-13H2,(H,21,28)(H,23,26)(H2,22,24,29). The van der Waals surface area contributed by atoms with Crippen LogP contribution in [0.3, 0.4) is 0 Å². The van der Waals surface area contributed by atoms with Crippen molar-refractivity contribution in [2.24, 2.45) is 0 Å². The lowest BCUT2D eigenvalue weighted by molar-refractivity contribution is -0.120. The van der Waals surface area contributed by atoms with Gasteiger partial charge in [0.1, 0.15) is 0 Å². The molecule has 150 valence electrons. The minimum Gasteiger partial charge on any atom is -0.343 e. The lowest BCUT2D eigenvalue weighted by atomic mass is 10.2. The average molecular weight is 411 g/mol. The zero-order valence-electron chi connectivity index (χ0n) is 15.6. The van der Waals surface area contributed by atoms with Gasteiger partial charge in [0, 0.05) is 29.9 Å². The number of amides is 3. The molecule has 1 heterocycles. The van der Waals surface area contributed by atoms with Crippen molar-refractivity contribution in [3.05, 3.63) is 60.2 Å². The molecular formula is C20H21N5O3S. The molecular weight excluding hydrogens is 390 g/mol. The van der Waals surface area contributed by atoms with Crippen LogP contribution in [0.15, 0.2) is 54.6 Å². The zero-order chi connectivity index (χ0) is 20.6. The molecule has 0 unspecified atom stereocenters. The second-order valence-corrected chi connectivity index (χ2v) is 6.78. The maximum Gasteiger partial charge on any atom is 0.257 e. The summed E-state index contributed by atoms with van der Waals surface area (Å²) in [5.74, 6) is -0.745. The van der Waals surface area contributed by atoms with Crippen molar-refractivity contribution in [1.29, 1.82) is 0 Å². The quantitative estimate of drug-likeness (QED) is 0.440. The Hall–Kier alpha value is -3.46. The van der Waals surface area contributed by atoms with E-state index in [0.29, 0.717) is 18.5 Å². The highest BCUT2D eigenvalue weighted by atomic mass is 32.1. The largest absolute Gasteiger partial charge is 0.343 e. The number of nitrogens with one attached hydrogen (secondary N) is 4. The van der Waals surface area contributed by atoms with E-state index in [1.165, 1.54) is 0 Å². The van der Waals surface area contributed by atoms with Crippen molar-refractivity contribution >= 4 is 46.4 Å². The van der Waals surface area contributed by atoms with E-state index in [1.807, 2.05) is 30.3 Å². The molecule has 1 fully saturated rings. The van der Waals surface area contributed by atoms with E-state index in [1.54, 1.807) is 29.2 Å². The van der Waals surface area contributed by atoms with Gasteiger partial charge in [0.15, 0.2) is 5.11 Å². The molecule has 0 aromatic heterocycles. The molecule has 0 bridgehead atoms. The predicted octanol–water partition coefficient (Wildman–Crippen LogP) is 1.56. The van der Waals surface area contributed by atoms with Crippen molar-refractivity contribution in [3.8, 4) is 0 Å². The summed E-state index contributed by atoms with van der Waals surface area (Å²) >= 11 is 5.08. The molecule has 1 aliphatic heterocycles. The van der Waals surface area contributed by atoms with E-state index < -0.39 is 5.91 Å². The molecule has 0 atom stereocenters. The van der Waals surface area contributed by atoms with Crippen LogP contribution in [0.2, 0.25) is 0 Å². The maximum atomic E-state index is 12.2. The number of benzene rings is 2. The number of hydrogen-bond acceptors (Lipinski definition) is 4. The first-order valence-corrected chi connectivity index (χ1v) is 9.53. The number of carbonyl (C=O) groups is 3. The third-order valence-electron chi connectivity index (χ3n) is 4.27. The number of nitrogens with zero attached hydrogens (tertiary/aromatic N) is 1. The van der Waals surface area contributed by atoms with Gasteiger partial charge in [-0.05, 0) is 55.0 Å². The Bertz CT molecular complexity index is 902. The summed E-state index contributed by atoms with van der Waals surface area (Å²) in [6.07, 6.45) is 1.39. The van der Waals surface area contributed by atoms with Crippen LogP contribution in [0.25, 0.3) is 0 Å². The molecule has 2 aromatic carbocycles. The summed E-state index contributed by atoms with van der Waals surface area (Å²) in [6.45, 7) is 0.477. The molecule has 4 N–H and O–H groups in total. The second-order valence-electron chi connectivity index (χ2n) is 6.37. The summed E-state index contributed by atoms with van der Waals surface area (Å²) in [4.78, 5) is 37.5. The molecule has 1 aliphatic rings. The van der Waals surface area contributed by atoms with Crippen LogP contribution in [0.4, 0.5) is 11.4 Å². The third-order valence-corrected chi connectivity index (χ3v) is 4.48. The van der Waals surface area contributed by atoms with E-state index in [4.69, 9.17) is 12.2 Å². The zero-order valence-corrected chi connectivity index (χ0v) is 16.4. The number of anilines is 2. The predicted molar refractivity (Wildman–Crippen MR) is 114 cm³/mol. The van der Waals surface area contributed by atoms with Crippen LogP contribution < -0.4 is 26.4 Å². The fourth-order valence-electron chi connectivity index (χ4n) is 2.83. The van der Waals surface area contributed by atoms with Crippen LogP contribution in [0.1, 0.15) is 23.2 Å². The van der Waals surface area contributed by atoms with Gasteiger partial charge in [0.2, 0.25) is 5.91 Å². The minimum atomic E-state index is -0.449. The molecule has 0 spiro atoms. The molecule has 0 radical (unpaired) electrons. The topological polar surface area (TPSA) is 103 Å². The fraction of sp³-hybridized carbons (Fsp3) is 0.200. The number of thiocarbonyl (C=S) groups is 1. The lowest BCUT2D eigenvalue weighted by Gasteiger charge is -2.16. The molecule has 1 saturated heterocycles. The Morgan fingerprint density at radius 1 is 1.00 bits per heavy atom. The van der Waals surface area contributed by atoms with E-state index in [9.17, 15) is 14.4 Å². The number of carbonyl (C=O) groups excluding carboxylic acids is 3. The molecule has 9 heteroatoms. The molecule has 0 saturated carbocycles. The van der Waals surface area contributed by atoms with Crippen LogP contribution in [0, 0.1) is 0 Å². The highest BCUT2D eigenvalue weighted by molar-refractivity contribution is 7.80. The average Bonchev–Trinajstić information content (AvgIpc) is 3.17. The van der Waals surface area contributed by atoms with Crippen LogP contribution >= 0.6 is 12.2 Å². The normalized spacial score (nSPS) is 13.0. The van der Waals surface area contributed by atoms with Gasteiger partial charge in [-0.2, -0.15) is 0 Å². The maximum absolute atomic E-state index is 12.2. The summed E-state index contributed by atoms with van der Waals surface area (Å²) in [7, 11) is 0. The van der Waals surface area contributed by atoms with Crippen molar-refractivity contribution in [2.75, 3.05) is 23.3 Å². The number of hydrogen-bond donors (Lipinski definition) is 4. The summed E-state index contributed by atoms with van der Waals surface area (Å²) in [5, 5.41) is 5.67. The Labute approximate surface area is 173 Å². The number of hydrazine groups is 1. The monoisotopic (exact) mass is 411 g/mol. The van der Waals surface area contributed by atoms with Gasteiger partial charge in [0.25, 0.3) is 11.8 Å². The number of para-hydroxylation sites is 1. The highest BCUT2D eigenvalue weighted by Gasteiger charge is 2.21. The molecule has 29 heavy (non-hydrogen) atoms. The molecule has 3 rings (SSSR count). The summed E-state index contributed by atoms with van der Waals surface area (Å²) in [5.41, 5.74) is 6.94. The fourth-order valence-corrected chi connectivity index (χ4v) is 3.00. The lowest BCUT2D eigenvalue weighted by Crippen LogP contribution is -2.47. The van der Waals surface area contributed by atoms with Crippen LogP contribution in [0.5, 0.6) is 0 Å². The van der Waals surface area contributed by atoms with E-state index in [2.05, 4.69) is 21.5 Å². The molecule has 3 amide bonds. The van der Waals surface area contributed by atoms with Crippen molar-refractivity contribution < 1.29 is 14.4 Å². The van der Waals surface area contributed by atoms with E-state index >= 15 is 0 Å². The van der Waals surface area contributed by atoms with Gasteiger partial charge >= 0.3 is 0 Å². The first kappa shape index (κ1) is 20.3. The van der Waals surface area contributed by atoms with E-state index in [-0.39, 0.29) is 23.5 Å². The SMILES string of the molecule is O=C(CNC(=O)c1ccc(N2CCCC2=O)cc1)NNC(=S)Nc1ccccc1. The van der Waals surface area contributed by atoms with Gasteiger partial charge in [-0.25, -0.2) is 0 Å².